The molecule has 1 aliphatic carbocycles. The number of primary amides is 1. The van der Waals surface area contributed by atoms with Gasteiger partial charge in [-0.05, 0) is 31.4 Å². The summed E-state index contributed by atoms with van der Waals surface area (Å²) in [5.74, 6) is 0.398. The molecule has 104 valence electrons. The monoisotopic (exact) mass is 260 g/mol. The van der Waals surface area contributed by atoms with Gasteiger partial charge < -0.3 is 11.1 Å². The van der Waals surface area contributed by atoms with Crippen molar-refractivity contribution in [3.8, 4) is 0 Å². The first-order valence-corrected chi connectivity index (χ1v) is 7.27. The first-order valence-electron chi connectivity index (χ1n) is 7.27. The minimum absolute atomic E-state index is 0.244. The van der Waals surface area contributed by atoms with E-state index in [1.165, 1.54) is 37.7 Å². The number of carbonyl (C=O) groups is 1. The third kappa shape index (κ3) is 4.27. The van der Waals surface area contributed by atoms with Crippen LogP contribution in [0.15, 0.2) is 24.3 Å². The molecule has 3 nitrogen and oxygen atoms in total. The van der Waals surface area contributed by atoms with E-state index < -0.39 is 0 Å². The van der Waals surface area contributed by atoms with E-state index in [2.05, 4.69) is 12.2 Å². The molecule has 1 aromatic carbocycles. The zero-order chi connectivity index (χ0) is 13.7. The van der Waals surface area contributed by atoms with Crippen LogP contribution < -0.4 is 11.1 Å². The number of nitrogens with two attached hydrogens (primary N) is 1. The van der Waals surface area contributed by atoms with Crippen LogP contribution in [0.25, 0.3) is 0 Å². The van der Waals surface area contributed by atoms with Gasteiger partial charge in [0.25, 0.3) is 0 Å². The molecule has 0 aromatic heterocycles. The Hall–Kier alpha value is -1.51. The van der Waals surface area contributed by atoms with Crippen LogP contribution >= 0.6 is 0 Å². The minimum atomic E-state index is -0.245. The fraction of sp³-hybridized carbons (Fsp3) is 0.562. The van der Waals surface area contributed by atoms with E-state index >= 15 is 0 Å². The summed E-state index contributed by atoms with van der Waals surface area (Å²) in [5, 5.41) is 3.28. The van der Waals surface area contributed by atoms with E-state index in [0.717, 1.165) is 12.1 Å². The second kappa shape index (κ2) is 6.60. The summed E-state index contributed by atoms with van der Waals surface area (Å²) in [5.41, 5.74) is 7.72. The molecule has 1 atom stereocenters. The van der Waals surface area contributed by atoms with Gasteiger partial charge in [-0.2, -0.15) is 0 Å². The maximum Gasteiger partial charge on any atom is 0.239 e. The number of nitrogens with one attached hydrogen (secondary N) is 1. The number of aryl methyl sites for hydroxylation is 1. The van der Waals surface area contributed by atoms with Crippen LogP contribution in [0.4, 0.5) is 5.69 Å². The van der Waals surface area contributed by atoms with Gasteiger partial charge in [-0.15, -0.1) is 0 Å². The van der Waals surface area contributed by atoms with Crippen molar-refractivity contribution in [1.29, 1.82) is 0 Å². The molecule has 1 unspecified atom stereocenters. The number of rotatable bonds is 5. The van der Waals surface area contributed by atoms with Gasteiger partial charge in [-0.25, -0.2) is 0 Å². The van der Waals surface area contributed by atoms with Gasteiger partial charge >= 0.3 is 0 Å². The molecular weight excluding hydrogens is 236 g/mol. The van der Waals surface area contributed by atoms with Gasteiger partial charge in [-0.1, -0.05) is 49.8 Å². The van der Waals surface area contributed by atoms with Crippen LogP contribution in [-0.4, -0.2) is 11.9 Å². The second-order valence-electron chi connectivity index (χ2n) is 5.71. The van der Waals surface area contributed by atoms with Crippen LogP contribution in [0.3, 0.4) is 0 Å². The lowest BCUT2D eigenvalue weighted by atomic mass is 9.84. The molecule has 19 heavy (non-hydrogen) atoms. The van der Waals surface area contributed by atoms with Crippen molar-refractivity contribution in [3.63, 3.8) is 0 Å². The fourth-order valence-corrected chi connectivity index (χ4v) is 2.85. The van der Waals surface area contributed by atoms with Gasteiger partial charge in [0.05, 0.1) is 0 Å². The summed E-state index contributed by atoms with van der Waals surface area (Å²) in [6, 6.07) is 7.85. The number of benzene rings is 1. The zero-order valence-corrected chi connectivity index (χ0v) is 11.7. The highest BCUT2D eigenvalue weighted by Crippen LogP contribution is 2.28. The molecule has 0 saturated heterocycles. The van der Waals surface area contributed by atoms with Crippen molar-refractivity contribution in [2.75, 3.05) is 5.32 Å². The van der Waals surface area contributed by atoms with Crippen molar-refractivity contribution in [2.45, 2.75) is 51.5 Å². The first-order chi connectivity index (χ1) is 9.15. The van der Waals surface area contributed by atoms with Gasteiger partial charge in [0, 0.05) is 5.69 Å². The van der Waals surface area contributed by atoms with Crippen LogP contribution in [0.5, 0.6) is 0 Å². The zero-order valence-electron chi connectivity index (χ0n) is 11.7. The van der Waals surface area contributed by atoms with E-state index in [1.54, 1.807) is 0 Å². The number of hydrogen-bond acceptors (Lipinski definition) is 2. The first kappa shape index (κ1) is 13.9. The molecule has 0 spiro atoms. The van der Waals surface area contributed by atoms with Gasteiger partial charge in [0.2, 0.25) is 5.91 Å². The number of hydrogen-bond donors (Lipinski definition) is 2. The second-order valence-corrected chi connectivity index (χ2v) is 5.71. The molecule has 0 heterocycles. The Morgan fingerprint density at radius 2 is 1.89 bits per heavy atom. The summed E-state index contributed by atoms with van der Waals surface area (Å²) < 4.78 is 0. The predicted octanol–water partition coefficient (Wildman–Crippen LogP) is 3.23. The van der Waals surface area contributed by atoms with E-state index in [0.29, 0.717) is 5.92 Å². The van der Waals surface area contributed by atoms with Crippen LogP contribution in [0.1, 0.15) is 44.1 Å². The van der Waals surface area contributed by atoms with E-state index in [4.69, 9.17) is 5.73 Å². The normalized spacial score (nSPS) is 17.9. The standard InChI is InChI=1S/C16H24N2O/c1-12-7-9-14(10-8-12)18-15(16(17)19)11-13-5-3-2-4-6-13/h7-10,13,15,18H,2-6,11H2,1H3,(H2,17,19). The molecule has 0 aliphatic heterocycles. The quantitative estimate of drug-likeness (QED) is 0.854. The lowest BCUT2D eigenvalue weighted by molar-refractivity contribution is -0.119. The van der Waals surface area contributed by atoms with E-state index in [9.17, 15) is 4.79 Å². The summed E-state index contributed by atoms with van der Waals surface area (Å²) in [6.45, 7) is 2.05. The van der Waals surface area contributed by atoms with Crippen LogP contribution in [0.2, 0.25) is 0 Å². The third-order valence-corrected chi connectivity index (χ3v) is 4.03. The van der Waals surface area contributed by atoms with Gasteiger partial charge in [-0.3, -0.25) is 4.79 Å². The Balaban J connectivity index is 1.95. The molecule has 0 radical (unpaired) electrons. The molecule has 3 N–H and O–H groups in total. The highest BCUT2D eigenvalue weighted by molar-refractivity contribution is 5.82. The fourth-order valence-electron chi connectivity index (χ4n) is 2.85. The Morgan fingerprint density at radius 1 is 1.26 bits per heavy atom. The maximum absolute atomic E-state index is 11.6. The number of anilines is 1. The van der Waals surface area contributed by atoms with Gasteiger partial charge in [0.1, 0.15) is 6.04 Å². The van der Waals surface area contributed by atoms with Crippen molar-refractivity contribution in [1.82, 2.24) is 0 Å². The molecule has 1 fully saturated rings. The summed E-state index contributed by atoms with van der Waals surface area (Å²) in [4.78, 5) is 11.6. The topological polar surface area (TPSA) is 55.1 Å². The predicted molar refractivity (Wildman–Crippen MR) is 79.0 cm³/mol. The third-order valence-electron chi connectivity index (χ3n) is 4.03. The average molecular weight is 260 g/mol. The summed E-state index contributed by atoms with van der Waals surface area (Å²) in [6.07, 6.45) is 7.26. The number of amides is 1. The summed E-state index contributed by atoms with van der Waals surface area (Å²) >= 11 is 0. The lowest BCUT2D eigenvalue weighted by Gasteiger charge is -2.26. The smallest absolute Gasteiger partial charge is 0.239 e. The SMILES string of the molecule is Cc1ccc(NC(CC2CCCCC2)C(N)=O)cc1. The lowest BCUT2D eigenvalue weighted by Crippen LogP contribution is -2.37. The van der Waals surface area contributed by atoms with E-state index in [1.807, 2.05) is 24.3 Å². The molecule has 1 amide bonds. The Labute approximate surface area is 115 Å². The van der Waals surface area contributed by atoms with E-state index in [-0.39, 0.29) is 11.9 Å². The molecule has 1 aliphatic rings. The van der Waals surface area contributed by atoms with Crippen LogP contribution in [-0.2, 0) is 4.79 Å². The molecule has 2 rings (SSSR count). The highest BCUT2D eigenvalue weighted by atomic mass is 16.1. The Kier molecular flexibility index (Phi) is 4.83. The van der Waals surface area contributed by atoms with Crippen molar-refractivity contribution in [2.24, 2.45) is 11.7 Å². The molecule has 1 saturated carbocycles. The molecule has 1 aromatic rings. The average Bonchev–Trinajstić information content (AvgIpc) is 2.41. The maximum atomic E-state index is 11.6. The van der Waals surface area contributed by atoms with Crippen LogP contribution in [0, 0.1) is 12.8 Å². The minimum Gasteiger partial charge on any atom is -0.374 e. The van der Waals surface area contributed by atoms with Crippen molar-refractivity contribution >= 4 is 11.6 Å². The summed E-state index contributed by atoms with van der Waals surface area (Å²) in [7, 11) is 0. The Bertz CT molecular complexity index is 407. The largest absolute Gasteiger partial charge is 0.374 e. The molecule has 0 bridgehead atoms. The molecule has 3 heteroatoms. The van der Waals surface area contributed by atoms with Crippen molar-refractivity contribution in [3.05, 3.63) is 29.8 Å². The van der Waals surface area contributed by atoms with Crippen molar-refractivity contribution < 1.29 is 4.79 Å². The van der Waals surface area contributed by atoms with Gasteiger partial charge in [0.15, 0.2) is 0 Å². The highest BCUT2D eigenvalue weighted by Gasteiger charge is 2.22. The number of carbonyl (C=O) groups excluding carboxylic acids is 1. The molecular formula is C16H24N2O. The Morgan fingerprint density at radius 3 is 2.47 bits per heavy atom.